The molecule has 0 aliphatic heterocycles. The van der Waals surface area contributed by atoms with Crippen molar-refractivity contribution in [2.45, 2.75) is 6.92 Å². The molecule has 8 rings (SSSR count). The highest BCUT2D eigenvalue weighted by Crippen LogP contribution is 2.36. The van der Waals surface area contributed by atoms with Crippen LogP contribution in [0.3, 0.4) is 0 Å². The highest BCUT2D eigenvalue weighted by Gasteiger charge is 2.16. The summed E-state index contributed by atoms with van der Waals surface area (Å²) in [7, 11) is 0. The normalized spacial score (nSPS) is 12.1. The molecule has 0 spiro atoms. The van der Waals surface area contributed by atoms with Crippen LogP contribution in [0.1, 0.15) is 5.56 Å². The molecular weight excluding hydrogens is 426 g/mol. The van der Waals surface area contributed by atoms with Crippen molar-refractivity contribution in [2.24, 2.45) is 0 Å². The number of fused-ring (bicyclic) bond motifs is 11. The number of aromatic nitrogens is 3. The number of hydrogen-bond acceptors (Lipinski definition) is 1. The van der Waals surface area contributed by atoms with Crippen molar-refractivity contribution >= 4 is 60.2 Å². The maximum Gasteiger partial charge on any atom is 0.146 e. The number of nitrogens with zero attached hydrogens (tertiary/aromatic N) is 3. The Bertz CT molecular complexity index is 2070. The summed E-state index contributed by atoms with van der Waals surface area (Å²) < 4.78 is 4.71. The Labute approximate surface area is 201 Å². The summed E-state index contributed by atoms with van der Waals surface area (Å²) >= 11 is 0. The zero-order valence-electron chi connectivity index (χ0n) is 19.2. The van der Waals surface area contributed by atoms with Gasteiger partial charge in [0.1, 0.15) is 5.65 Å². The minimum atomic E-state index is 1.02. The van der Waals surface area contributed by atoms with Crippen molar-refractivity contribution in [3.8, 4) is 5.69 Å². The molecule has 35 heavy (non-hydrogen) atoms. The Morgan fingerprint density at radius 3 is 1.97 bits per heavy atom. The van der Waals surface area contributed by atoms with Gasteiger partial charge in [0.15, 0.2) is 0 Å². The van der Waals surface area contributed by atoms with Crippen molar-refractivity contribution in [3.63, 3.8) is 0 Å². The van der Waals surface area contributed by atoms with Gasteiger partial charge in [0.25, 0.3) is 0 Å². The molecule has 3 heterocycles. The van der Waals surface area contributed by atoms with Crippen LogP contribution >= 0.6 is 0 Å². The monoisotopic (exact) mass is 447 g/mol. The van der Waals surface area contributed by atoms with Crippen molar-refractivity contribution < 1.29 is 0 Å². The zero-order valence-corrected chi connectivity index (χ0v) is 19.2. The van der Waals surface area contributed by atoms with E-state index >= 15 is 0 Å². The third-order valence-electron chi connectivity index (χ3n) is 7.33. The molecule has 0 amide bonds. The molecule has 0 unspecified atom stereocenters. The number of aryl methyl sites for hydroxylation is 1. The Morgan fingerprint density at radius 2 is 1.20 bits per heavy atom. The summed E-state index contributed by atoms with van der Waals surface area (Å²) in [4.78, 5) is 5.05. The maximum atomic E-state index is 5.05. The first kappa shape index (κ1) is 18.8. The number of rotatable bonds is 1. The van der Waals surface area contributed by atoms with E-state index in [0.717, 1.165) is 16.7 Å². The van der Waals surface area contributed by atoms with Crippen molar-refractivity contribution in [2.75, 3.05) is 0 Å². The van der Waals surface area contributed by atoms with Gasteiger partial charge in [-0.3, -0.25) is 4.40 Å². The predicted molar refractivity (Wildman–Crippen MR) is 147 cm³/mol. The van der Waals surface area contributed by atoms with Gasteiger partial charge in [0.05, 0.1) is 27.6 Å². The van der Waals surface area contributed by atoms with E-state index in [1.54, 1.807) is 0 Å². The van der Waals surface area contributed by atoms with Gasteiger partial charge in [-0.15, -0.1) is 0 Å². The van der Waals surface area contributed by atoms with Gasteiger partial charge >= 0.3 is 0 Å². The van der Waals surface area contributed by atoms with Crippen LogP contribution in [0.2, 0.25) is 0 Å². The van der Waals surface area contributed by atoms with Gasteiger partial charge in [-0.2, -0.15) is 0 Å². The highest BCUT2D eigenvalue weighted by atomic mass is 15.0. The second-order valence-electron chi connectivity index (χ2n) is 9.38. The van der Waals surface area contributed by atoms with E-state index < -0.39 is 0 Å². The molecular formula is C32H21N3. The maximum absolute atomic E-state index is 5.05. The highest BCUT2D eigenvalue weighted by molar-refractivity contribution is 6.15. The summed E-state index contributed by atoms with van der Waals surface area (Å²) in [6.07, 6.45) is 0. The number of benzene rings is 5. The van der Waals surface area contributed by atoms with Crippen LogP contribution in [-0.2, 0) is 0 Å². The standard InChI is InChI=1S/C32H21N3/c1-20-14-16-22-25-19-21(34-28-11-5-2-8-23(28)24-9-3-6-12-29(24)34)15-17-30(25)35-31-13-7-4-10-27(31)33-32(35)26(22)18-20/h2-19H,1H3. The summed E-state index contributed by atoms with van der Waals surface area (Å²) in [5, 5.41) is 6.21. The van der Waals surface area contributed by atoms with E-state index in [4.69, 9.17) is 4.98 Å². The fourth-order valence-electron chi connectivity index (χ4n) is 5.80. The molecule has 164 valence electrons. The summed E-state index contributed by atoms with van der Waals surface area (Å²) in [5.41, 5.74) is 9.21. The van der Waals surface area contributed by atoms with E-state index in [1.165, 1.54) is 54.7 Å². The van der Waals surface area contributed by atoms with Crippen molar-refractivity contribution in [3.05, 3.63) is 115 Å². The zero-order chi connectivity index (χ0) is 23.1. The third-order valence-corrected chi connectivity index (χ3v) is 7.33. The molecule has 0 atom stereocenters. The minimum absolute atomic E-state index is 1.02. The second kappa shape index (κ2) is 6.71. The summed E-state index contributed by atoms with van der Waals surface area (Å²) in [6, 6.07) is 39.3. The molecule has 0 N–H and O–H groups in total. The first-order chi connectivity index (χ1) is 17.3. The van der Waals surface area contributed by atoms with Crippen LogP contribution in [0.25, 0.3) is 65.8 Å². The van der Waals surface area contributed by atoms with E-state index in [1.807, 2.05) is 0 Å². The van der Waals surface area contributed by atoms with Crippen LogP contribution in [0.4, 0.5) is 0 Å². The number of pyridine rings is 1. The molecule has 0 aliphatic rings. The molecule has 3 aromatic heterocycles. The van der Waals surface area contributed by atoms with E-state index in [-0.39, 0.29) is 0 Å². The predicted octanol–water partition coefficient (Wildman–Crippen LogP) is 8.20. The fourth-order valence-corrected chi connectivity index (χ4v) is 5.80. The third kappa shape index (κ3) is 2.47. The Hall–Kier alpha value is -4.63. The van der Waals surface area contributed by atoms with Gasteiger partial charge in [-0.05, 0) is 60.8 Å². The molecule has 0 saturated carbocycles. The van der Waals surface area contributed by atoms with Gasteiger partial charge in [0.2, 0.25) is 0 Å². The second-order valence-corrected chi connectivity index (χ2v) is 9.38. The lowest BCUT2D eigenvalue weighted by molar-refractivity contribution is 1.18. The minimum Gasteiger partial charge on any atom is -0.309 e. The Balaban J connectivity index is 1.57. The average Bonchev–Trinajstić information content (AvgIpc) is 3.45. The largest absolute Gasteiger partial charge is 0.309 e. The number of hydrogen-bond donors (Lipinski definition) is 0. The molecule has 5 aromatic carbocycles. The van der Waals surface area contributed by atoms with Crippen molar-refractivity contribution in [1.82, 2.24) is 14.0 Å². The van der Waals surface area contributed by atoms with Gasteiger partial charge in [-0.25, -0.2) is 4.98 Å². The van der Waals surface area contributed by atoms with Crippen LogP contribution in [0, 0.1) is 6.92 Å². The topological polar surface area (TPSA) is 22.2 Å². The van der Waals surface area contributed by atoms with Gasteiger partial charge in [0, 0.05) is 27.2 Å². The average molecular weight is 448 g/mol. The van der Waals surface area contributed by atoms with Crippen LogP contribution in [0.5, 0.6) is 0 Å². The number of imidazole rings is 1. The summed E-state index contributed by atoms with van der Waals surface area (Å²) in [5.74, 6) is 0. The smallest absolute Gasteiger partial charge is 0.146 e. The molecule has 3 heteroatoms. The molecule has 0 fully saturated rings. The molecule has 0 saturated heterocycles. The molecule has 8 aromatic rings. The lowest BCUT2D eigenvalue weighted by atomic mass is 10.0. The quantitative estimate of drug-likeness (QED) is 0.232. The molecule has 0 bridgehead atoms. The van der Waals surface area contributed by atoms with Gasteiger partial charge < -0.3 is 4.57 Å². The van der Waals surface area contributed by atoms with E-state index in [9.17, 15) is 0 Å². The first-order valence-corrected chi connectivity index (χ1v) is 12.0. The number of para-hydroxylation sites is 4. The first-order valence-electron chi connectivity index (χ1n) is 12.0. The summed E-state index contributed by atoms with van der Waals surface area (Å²) in [6.45, 7) is 2.15. The fraction of sp³-hybridized carbons (Fsp3) is 0.0312. The SMILES string of the molecule is Cc1ccc2c3cc(-n4c5ccccc5c5ccccc54)ccc3n3c4ccccc4nc3c2c1. The van der Waals surface area contributed by atoms with E-state index in [2.05, 4.69) is 125 Å². The van der Waals surface area contributed by atoms with Gasteiger partial charge in [-0.1, -0.05) is 66.2 Å². The molecule has 0 aliphatic carbocycles. The lowest BCUT2D eigenvalue weighted by Gasteiger charge is -2.13. The van der Waals surface area contributed by atoms with Crippen LogP contribution < -0.4 is 0 Å². The van der Waals surface area contributed by atoms with E-state index in [0.29, 0.717) is 0 Å². The van der Waals surface area contributed by atoms with Crippen molar-refractivity contribution in [1.29, 1.82) is 0 Å². The Kier molecular flexibility index (Phi) is 3.59. The molecule has 0 radical (unpaired) electrons. The molecule has 3 nitrogen and oxygen atoms in total. The van der Waals surface area contributed by atoms with Crippen LogP contribution in [-0.4, -0.2) is 14.0 Å². The van der Waals surface area contributed by atoms with Crippen LogP contribution in [0.15, 0.2) is 109 Å². The lowest BCUT2D eigenvalue weighted by Crippen LogP contribution is -1.97. The Morgan fingerprint density at radius 1 is 0.514 bits per heavy atom.